The molecule has 0 spiro atoms. The van der Waals surface area contributed by atoms with E-state index < -0.39 is 0 Å². The van der Waals surface area contributed by atoms with Gasteiger partial charge in [0.05, 0.1) is 6.61 Å². The second kappa shape index (κ2) is 5.84. The van der Waals surface area contributed by atoms with Crippen LogP contribution in [0.4, 0.5) is 5.69 Å². The van der Waals surface area contributed by atoms with E-state index in [0.29, 0.717) is 18.0 Å². The number of anilines is 1. The molecule has 2 rings (SSSR count). The van der Waals surface area contributed by atoms with Crippen LogP contribution in [0.3, 0.4) is 0 Å². The molecule has 1 aromatic carbocycles. The Morgan fingerprint density at radius 1 is 1.56 bits per heavy atom. The van der Waals surface area contributed by atoms with Gasteiger partial charge < -0.3 is 15.5 Å². The molecule has 0 aromatic heterocycles. The fourth-order valence-electron chi connectivity index (χ4n) is 2.08. The molecule has 0 saturated carbocycles. The van der Waals surface area contributed by atoms with Crippen molar-refractivity contribution in [2.45, 2.75) is 13.3 Å². The summed E-state index contributed by atoms with van der Waals surface area (Å²) >= 11 is 0. The highest BCUT2D eigenvalue weighted by Gasteiger charge is 2.17. The zero-order chi connectivity index (χ0) is 13.0. The molecule has 98 valence electrons. The van der Waals surface area contributed by atoms with E-state index in [1.165, 1.54) is 0 Å². The zero-order valence-corrected chi connectivity index (χ0v) is 10.5. The number of aryl methyl sites for hydroxylation is 1. The van der Waals surface area contributed by atoms with Gasteiger partial charge >= 0.3 is 0 Å². The molecule has 4 N–H and O–H groups in total. The summed E-state index contributed by atoms with van der Waals surface area (Å²) in [6.45, 7) is 4.12. The number of nitrogens with one attached hydrogen (secondary N) is 2. The number of rotatable bonds is 4. The van der Waals surface area contributed by atoms with E-state index in [1.807, 2.05) is 13.0 Å². The van der Waals surface area contributed by atoms with Gasteiger partial charge in [0.1, 0.15) is 0 Å². The Balaban J connectivity index is 1.95. The van der Waals surface area contributed by atoms with Crippen molar-refractivity contribution in [3.8, 4) is 0 Å². The molecular formula is C13H19N3O2. The summed E-state index contributed by atoms with van der Waals surface area (Å²) in [7, 11) is 0. The topological polar surface area (TPSA) is 76.4 Å². The lowest BCUT2D eigenvalue weighted by atomic mass is 10.1. The molecular weight excluding hydrogens is 230 g/mol. The van der Waals surface area contributed by atoms with Gasteiger partial charge in [-0.25, -0.2) is 0 Å². The number of benzene rings is 1. The summed E-state index contributed by atoms with van der Waals surface area (Å²) in [5.41, 5.74) is 4.96. The van der Waals surface area contributed by atoms with Crippen LogP contribution in [0.2, 0.25) is 0 Å². The Morgan fingerprint density at radius 3 is 3.00 bits per heavy atom. The molecule has 1 atom stereocenters. The third-order valence-electron chi connectivity index (χ3n) is 3.21. The Kier molecular flexibility index (Phi) is 4.17. The first-order chi connectivity index (χ1) is 8.70. The van der Waals surface area contributed by atoms with E-state index in [2.05, 4.69) is 10.7 Å². The van der Waals surface area contributed by atoms with Gasteiger partial charge in [-0.05, 0) is 37.1 Å². The number of nitrogens with two attached hydrogens (primary N) is 1. The van der Waals surface area contributed by atoms with Crippen molar-refractivity contribution in [1.82, 2.24) is 5.32 Å². The molecule has 1 unspecified atom stereocenters. The van der Waals surface area contributed by atoms with E-state index in [-0.39, 0.29) is 5.91 Å². The maximum Gasteiger partial charge on any atom is 0.251 e. The SMILES string of the molecule is Cc1cc(NN)ccc1C(=O)NCC1CCOC1. The Labute approximate surface area is 107 Å². The fourth-order valence-corrected chi connectivity index (χ4v) is 2.08. The maximum absolute atomic E-state index is 12.0. The number of hydrazine groups is 1. The minimum Gasteiger partial charge on any atom is -0.381 e. The molecule has 1 aliphatic heterocycles. The first-order valence-corrected chi connectivity index (χ1v) is 6.14. The van der Waals surface area contributed by atoms with Crippen LogP contribution in [-0.2, 0) is 4.74 Å². The highest BCUT2D eigenvalue weighted by atomic mass is 16.5. The Hall–Kier alpha value is -1.59. The van der Waals surface area contributed by atoms with Crippen molar-refractivity contribution >= 4 is 11.6 Å². The van der Waals surface area contributed by atoms with Crippen molar-refractivity contribution in [1.29, 1.82) is 0 Å². The van der Waals surface area contributed by atoms with Gasteiger partial charge in [0.25, 0.3) is 5.91 Å². The minimum absolute atomic E-state index is 0.0389. The Morgan fingerprint density at radius 2 is 2.39 bits per heavy atom. The molecule has 1 fully saturated rings. The van der Waals surface area contributed by atoms with Crippen LogP contribution in [0, 0.1) is 12.8 Å². The van der Waals surface area contributed by atoms with Crippen LogP contribution in [-0.4, -0.2) is 25.7 Å². The summed E-state index contributed by atoms with van der Waals surface area (Å²) in [6, 6.07) is 5.43. The smallest absolute Gasteiger partial charge is 0.251 e. The predicted molar refractivity (Wildman–Crippen MR) is 70.2 cm³/mol. The monoisotopic (exact) mass is 249 g/mol. The number of hydrogen-bond donors (Lipinski definition) is 3. The first-order valence-electron chi connectivity index (χ1n) is 6.14. The number of nitrogen functional groups attached to an aromatic ring is 1. The first kappa shape index (κ1) is 12.9. The highest BCUT2D eigenvalue weighted by Crippen LogP contribution is 2.15. The number of carbonyl (C=O) groups is 1. The average molecular weight is 249 g/mol. The van der Waals surface area contributed by atoms with E-state index in [4.69, 9.17) is 10.6 Å². The van der Waals surface area contributed by atoms with Crippen LogP contribution in [0.5, 0.6) is 0 Å². The van der Waals surface area contributed by atoms with Crippen molar-refractivity contribution in [2.75, 3.05) is 25.2 Å². The molecule has 5 nitrogen and oxygen atoms in total. The van der Waals surface area contributed by atoms with Crippen LogP contribution < -0.4 is 16.6 Å². The molecule has 1 aromatic rings. The fraction of sp³-hybridized carbons (Fsp3) is 0.462. The van der Waals surface area contributed by atoms with Crippen LogP contribution in [0.25, 0.3) is 0 Å². The lowest BCUT2D eigenvalue weighted by Gasteiger charge is -2.11. The van der Waals surface area contributed by atoms with Crippen molar-refractivity contribution < 1.29 is 9.53 Å². The van der Waals surface area contributed by atoms with Crippen molar-refractivity contribution in [3.63, 3.8) is 0 Å². The quantitative estimate of drug-likeness (QED) is 0.550. The third kappa shape index (κ3) is 3.00. The molecule has 0 radical (unpaired) electrons. The largest absolute Gasteiger partial charge is 0.381 e. The molecule has 5 heteroatoms. The van der Waals surface area contributed by atoms with Gasteiger partial charge in [0.2, 0.25) is 0 Å². The molecule has 1 amide bonds. The molecule has 1 saturated heterocycles. The number of hydrogen-bond acceptors (Lipinski definition) is 4. The summed E-state index contributed by atoms with van der Waals surface area (Å²) < 4.78 is 5.28. The van der Waals surface area contributed by atoms with Gasteiger partial charge in [0, 0.05) is 30.3 Å². The third-order valence-corrected chi connectivity index (χ3v) is 3.21. The minimum atomic E-state index is -0.0389. The van der Waals surface area contributed by atoms with Crippen LogP contribution in [0.15, 0.2) is 18.2 Å². The van der Waals surface area contributed by atoms with Crippen molar-refractivity contribution in [3.05, 3.63) is 29.3 Å². The van der Waals surface area contributed by atoms with Gasteiger partial charge in [-0.3, -0.25) is 10.6 Å². The molecule has 1 heterocycles. The second-order valence-electron chi connectivity index (χ2n) is 4.61. The number of amides is 1. The second-order valence-corrected chi connectivity index (χ2v) is 4.61. The van der Waals surface area contributed by atoms with Gasteiger partial charge in [-0.2, -0.15) is 0 Å². The molecule has 0 aliphatic carbocycles. The van der Waals surface area contributed by atoms with Gasteiger partial charge in [0.15, 0.2) is 0 Å². The normalized spacial score (nSPS) is 18.7. The van der Waals surface area contributed by atoms with Crippen molar-refractivity contribution in [2.24, 2.45) is 11.8 Å². The van der Waals surface area contributed by atoms with Gasteiger partial charge in [-0.15, -0.1) is 0 Å². The molecule has 1 aliphatic rings. The van der Waals surface area contributed by atoms with Crippen LogP contribution >= 0.6 is 0 Å². The summed E-state index contributed by atoms with van der Waals surface area (Å²) in [6.07, 6.45) is 1.02. The highest BCUT2D eigenvalue weighted by molar-refractivity contribution is 5.96. The van der Waals surface area contributed by atoms with E-state index in [9.17, 15) is 4.79 Å². The average Bonchev–Trinajstić information content (AvgIpc) is 2.88. The van der Waals surface area contributed by atoms with Crippen LogP contribution in [0.1, 0.15) is 22.3 Å². The standard InChI is InChI=1S/C13H19N3O2/c1-9-6-11(16-14)2-3-12(9)13(17)15-7-10-4-5-18-8-10/h2-3,6,10,16H,4-5,7-8,14H2,1H3,(H,15,17). The summed E-state index contributed by atoms with van der Waals surface area (Å²) in [4.78, 5) is 12.0. The Bertz CT molecular complexity index is 428. The lowest BCUT2D eigenvalue weighted by Crippen LogP contribution is -2.30. The van der Waals surface area contributed by atoms with E-state index in [1.54, 1.807) is 12.1 Å². The molecule has 0 bridgehead atoms. The lowest BCUT2D eigenvalue weighted by molar-refractivity contribution is 0.0944. The predicted octanol–water partition coefficient (Wildman–Crippen LogP) is 1.05. The zero-order valence-electron chi connectivity index (χ0n) is 10.5. The maximum atomic E-state index is 12.0. The van der Waals surface area contributed by atoms with E-state index in [0.717, 1.165) is 30.9 Å². The number of ether oxygens (including phenoxy) is 1. The summed E-state index contributed by atoms with van der Waals surface area (Å²) in [5.74, 6) is 5.73. The van der Waals surface area contributed by atoms with Gasteiger partial charge in [-0.1, -0.05) is 0 Å². The number of carbonyl (C=O) groups excluding carboxylic acids is 1. The summed E-state index contributed by atoms with van der Waals surface area (Å²) in [5, 5.41) is 2.95. The molecule has 18 heavy (non-hydrogen) atoms. The van der Waals surface area contributed by atoms with E-state index >= 15 is 0 Å².